The minimum absolute atomic E-state index is 0.728. The first kappa shape index (κ1) is 11.3. The monoisotopic (exact) mass is 299 g/mol. The third-order valence-electron chi connectivity index (χ3n) is 2.76. The molecule has 0 radical (unpaired) electrons. The maximum absolute atomic E-state index is 4.64. The number of nitrogens with zero attached hydrogens (tertiary/aromatic N) is 3. The van der Waals surface area contributed by atoms with Crippen LogP contribution in [-0.2, 0) is 6.42 Å². The summed E-state index contributed by atoms with van der Waals surface area (Å²) in [5, 5.41) is 1.16. The molecule has 4 heteroatoms. The van der Waals surface area contributed by atoms with Crippen LogP contribution in [0, 0.1) is 0 Å². The summed E-state index contributed by atoms with van der Waals surface area (Å²) in [5.41, 5.74) is 3.08. The fourth-order valence-corrected chi connectivity index (χ4v) is 2.20. The SMILES string of the molecule is Brc1ncncc1Cc1ccc2ccccc2n1. The number of rotatable bonds is 2. The minimum atomic E-state index is 0.728. The number of para-hydroxylation sites is 1. The van der Waals surface area contributed by atoms with Gasteiger partial charge in [-0.05, 0) is 28.1 Å². The maximum Gasteiger partial charge on any atom is 0.116 e. The highest BCUT2D eigenvalue weighted by atomic mass is 79.9. The fraction of sp³-hybridized carbons (Fsp3) is 0.0714. The van der Waals surface area contributed by atoms with Crippen molar-refractivity contribution in [3.8, 4) is 0 Å². The Balaban J connectivity index is 1.98. The first-order valence-corrected chi connectivity index (χ1v) is 6.41. The summed E-state index contributed by atoms with van der Waals surface area (Å²) >= 11 is 3.42. The third kappa shape index (κ3) is 2.24. The van der Waals surface area contributed by atoms with Crippen molar-refractivity contribution in [1.82, 2.24) is 15.0 Å². The lowest BCUT2D eigenvalue weighted by Crippen LogP contribution is -1.95. The van der Waals surface area contributed by atoms with Gasteiger partial charge in [-0.2, -0.15) is 0 Å². The van der Waals surface area contributed by atoms with Gasteiger partial charge in [-0.3, -0.25) is 4.98 Å². The normalized spacial score (nSPS) is 10.7. The first-order chi connectivity index (χ1) is 8.83. The molecule has 2 heterocycles. The molecule has 3 aromatic rings. The van der Waals surface area contributed by atoms with Crippen molar-refractivity contribution in [2.24, 2.45) is 0 Å². The molecule has 0 amide bonds. The molecular formula is C14H10BrN3. The largest absolute Gasteiger partial charge is 0.252 e. The predicted octanol–water partition coefficient (Wildman–Crippen LogP) is 3.38. The molecule has 0 unspecified atom stereocenters. The molecule has 0 saturated carbocycles. The fourth-order valence-electron chi connectivity index (χ4n) is 1.86. The Kier molecular flexibility index (Phi) is 3.02. The van der Waals surface area contributed by atoms with E-state index in [0.29, 0.717) is 0 Å². The summed E-state index contributed by atoms with van der Waals surface area (Å²) in [7, 11) is 0. The second-order valence-corrected chi connectivity index (χ2v) is 4.76. The molecule has 3 nitrogen and oxygen atoms in total. The lowest BCUT2D eigenvalue weighted by Gasteiger charge is -2.04. The van der Waals surface area contributed by atoms with Crippen molar-refractivity contribution in [2.75, 3.05) is 0 Å². The zero-order chi connectivity index (χ0) is 12.4. The van der Waals surface area contributed by atoms with Crippen molar-refractivity contribution in [2.45, 2.75) is 6.42 Å². The van der Waals surface area contributed by atoms with Crippen LogP contribution < -0.4 is 0 Å². The Labute approximate surface area is 113 Å². The Morgan fingerprint density at radius 3 is 2.83 bits per heavy atom. The molecule has 0 aliphatic carbocycles. The van der Waals surface area contributed by atoms with Crippen molar-refractivity contribution in [3.05, 3.63) is 64.8 Å². The average molecular weight is 300 g/mol. The smallest absolute Gasteiger partial charge is 0.116 e. The minimum Gasteiger partial charge on any atom is -0.252 e. The molecule has 0 N–H and O–H groups in total. The molecule has 18 heavy (non-hydrogen) atoms. The Hall–Kier alpha value is -1.81. The van der Waals surface area contributed by atoms with Crippen LogP contribution in [0.3, 0.4) is 0 Å². The molecule has 1 aromatic carbocycles. The van der Waals surface area contributed by atoms with E-state index < -0.39 is 0 Å². The predicted molar refractivity (Wildman–Crippen MR) is 74.3 cm³/mol. The quantitative estimate of drug-likeness (QED) is 0.681. The molecule has 88 valence electrons. The zero-order valence-corrected chi connectivity index (χ0v) is 11.1. The second-order valence-electron chi connectivity index (χ2n) is 4.01. The molecule has 2 aromatic heterocycles. The van der Waals surface area contributed by atoms with Crippen LogP contribution in [0.1, 0.15) is 11.3 Å². The summed E-state index contributed by atoms with van der Waals surface area (Å²) in [5.74, 6) is 0. The number of hydrogen-bond donors (Lipinski definition) is 0. The molecule has 0 bridgehead atoms. The van der Waals surface area contributed by atoms with Crippen LogP contribution in [-0.4, -0.2) is 15.0 Å². The molecular weight excluding hydrogens is 290 g/mol. The van der Waals surface area contributed by atoms with Gasteiger partial charge in [0.1, 0.15) is 10.9 Å². The summed E-state index contributed by atoms with van der Waals surface area (Å²) in [4.78, 5) is 12.8. The summed E-state index contributed by atoms with van der Waals surface area (Å²) < 4.78 is 0.826. The molecule has 3 rings (SSSR count). The van der Waals surface area contributed by atoms with Gasteiger partial charge in [0.2, 0.25) is 0 Å². The molecule has 0 atom stereocenters. The van der Waals surface area contributed by atoms with E-state index in [1.807, 2.05) is 30.5 Å². The third-order valence-corrected chi connectivity index (χ3v) is 3.47. The molecule has 0 aliphatic heterocycles. The van der Waals surface area contributed by atoms with Gasteiger partial charge in [-0.25, -0.2) is 9.97 Å². The molecule has 0 fully saturated rings. The average Bonchev–Trinajstić information content (AvgIpc) is 2.41. The highest BCUT2D eigenvalue weighted by Crippen LogP contribution is 2.17. The van der Waals surface area contributed by atoms with Gasteiger partial charge in [0.05, 0.1) is 5.52 Å². The highest BCUT2D eigenvalue weighted by Gasteiger charge is 2.04. The number of fused-ring (bicyclic) bond motifs is 1. The summed E-state index contributed by atoms with van der Waals surface area (Å²) in [6, 6.07) is 12.2. The van der Waals surface area contributed by atoms with E-state index in [1.165, 1.54) is 6.33 Å². The molecule has 0 spiro atoms. The van der Waals surface area contributed by atoms with Crippen molar-refractivity contribution >= 4 is 26.8 Å². The Morgan fingerprint density at radius 1 is 1.06 bits per heavy atom. The van der Waals surface area contributed by atoms with E-state index in [0.717, 1.165) is 33.2 Å². The van der Waals surface area contributed by atoms with Gasteiger partial charge in [0.15, 0.2) is 0 Å². The van der Waals surface area contributed by atoms with Crippen molar-refractivity contribution in [3.63, 3.8) is 0 Å². The molecule has 0 saturated heterocycles. The number of hydrogen-bond acceptors (Lipinski definition) is 3. The lowest BCUT2D eigenvalue weighted by atomic mass is 10.1. The second kappa shape index (κ2) is 4.82. The van der Waals surface area contributed by atoms with Crippen LogP contribution in [0.15, 0.2) is 53.5 Å². The van der Waals surface area contributed by atoms with Gasteiger partial charge in [-0.1, -0.05) is 24.3 Å². The maximum atomic E-state index is 4.64. The standard InChI is InChI=1S/C14H10BrN3/c15-14-11(8-16-9-17-14)7-12-6-5-10-3-1-2-4-13(10)18-12/h1-6,8-9H,7H2. The van der Waals surface area contributed by atoms with Gasteiger partial charge >= 0.3 is 0 Å². The van der Waals surface area contributed by atoms with Crippen LogP contribution in [0.25, 0.3) is 10.9 Å². The highest BCUT2D eigenvalue weighted by molar-refractivity contribution is 9.10. The van der Waals surface area contributed by atoms with E-state index >= 15 is 0 Å². The van der Waals surface area contributed by atoms with Gasteiger partial charge in [-0.15, -0.1) is 0 Å². The Bertz CT molecular complexity index is 697. The Morgan fingerprint density at radius 2 is 1.94 bits per heavy atom. The number of pyridine rings is 1. The lowest BCUT2D eigenvalue weighted by molar-refractivity contribution is 1.01. The summed E-state index contributed by atoms with van der Waals surface area (Å²) in [6.45, 7) is 0. The van der Waals surface area contributed by atoms with E-state index in [-0.39, 0.29) is 0 Å². The van der Waals surface area contributed by atoms with E-state index in [4.69, 9.17) is 0 Å². The van der Waals surface area contributed by atoms with Crippen LogP contribution in [0.4, 0.5) is 0 Å². The van der Waals surface area contributed by atoms with Gasteiger partial charge in [0, 0.05) is 29.3 Å². The van der Waals surface area contributed by atoms with Gasteiger partial charge in [0.25, 0.3) is 0 Å². The number of aromatic nitrogens is 3. The van der Waals surface area contributed by atoms with E-state index in [9.17, 15) is 0 Å². The topological polar surface area (TPSA) is 38.7 Å². The number of benzene rings is 1. The summed E-state index contributed by atoms with van der Waals surface area (Å²) in [6.07, 6.45) is 4.07. The van der Waals surface area contributed by atoms with E-state index in [2.05, 4.69) is 43.0 Å². The van der Waals surface area contributed by atoms with Crippen LogP contribution in [0.5, 0.6) is 0 Å². The van der Waals surface area contributed by atoms with Crippen LogP contribution in [0.2, 0.25) is 0 Å². The van der Waals surface area contributed by atoms with Crippen molar-refractivity contribution < 1.29 is 0 Å². The molecule has 0 aliphatic rings. The number of halogens is 1. The zero-order valence-electron chi connectivity index (χ0n) is 9.55. The van der Waals surface area contributed by atoms with Crippen molar-refractivity contribution in [1.29, 1.82) is 0 Å². The van der Waals surface area contributed by atoms with E-state index in [1.54, 1.807) is 0 Å². The first-order valence-electron chi connectivity index (χ1n) is 5.62. The van der Waals surface area contributed by atoms with Gasteiger partial charge < -0.3 is 0 Å². The van der Waals surface area contributed by atoms with Crippen LogP contribution >= 0.6 is 15.9 Å².